The van der Waals surface area contributed by atoms with E-state index in [4.69, 9.17) is 4.74 Å². The van der Waals surface area contributed by atoms with Gasteiger partial charge >= 0.3 is 0 Å². The van der Waals surface area contributed by atoms with Gasteiger partial charge in [0.15, 0.2) is 0 Å². The summed E-state index contributed by atoms with van der Waals surface area (Å²) in [7, 11) is 1.63. The number of carbonyl (C=O) groups excluding carboxylic acids is 1. The molecule has 2 N–H and O–H groups in total. The number of hydrogen-bond acceptors (Lipinski definition) is 2. The van der Waals surface area contributed by atoms with Crippen LogP contribution in [0.4, 0.5) is 5.69 Å². The number of carbonyl (C=O) groups is 1. The van der Waals surface area contributed by atoms with Crippen molar-refractivity contribution in [3.05, 3.63) is 84.4 Å². The van der Waals surface area contributed by atoms with E-state index in [1.165, 1.54) is 5.39 Å². The van der Waals surface area contributed by atoms with E-state index in [1.54, 1.807) is 7.11 Å². The molecule has 0 radical (unpaired) electrons. The zero-order valence-corrected chi connectivity index (χ0v) is 15.0. The fourth-order valence-corrected chi connectivity index (χ4v) is 3.10. The summed E-state index contributed by atoms with van der Waals surface area (Å²) >= 11 is 0. The first-order valence-corrected chi connectivity index (χ1v) is 8.82. The number of aromatic amines is 1. The Kier molecular flexibility index (Phi) is 4.62. The van der Waals surface area contributed by atoms with E-state index < -0.39 is 0 Å². The van der Waals surface area contributed by atoms with Gasteiger partial charge in [-0.25, -0.2) is 0 Å². The SMILES string of the molecule is COc1ccc(CC(=O)Nc2ccc(-c3cc4ccccc4[nH]3)cc2)cc1. The number of rotatable bonds is 5. The molecule has 0 aliphatic carbocycles. The van der Waals surface area contributed by atoms with Crippen molar-refractivity contribution >= 4 is 22.5 Å². The van der Waals surface area contributed by atoms with Crippen molar-refractivity contribution in [1.82, 2.24) is 4.98 Å². The van der Waals surface area contributed by atoms with Crippen LogP contribution in [0.15, 0.2) is 78.9 Å². The summed E-state index contributed by atoms with van der Waals surface area (Å²) in [6.07, 6.45) is 0.327. The molecular formula is C23H20N2O2. The fourth-order valence-electron chi connectivity index (χ4n) is 3.10. The summed E-state index contributed by atoms with van der Waals surface area (Å²) in [6, 6.07) is 25.7. The monoisotopic (exact) mass is 356 g/mol. The van der Waals surface area contributed by atoms with Crippen LogP contribution in [0.5, 0.6) is 5.75 Å². The van der Waals surface area contributed by atoms with Crippen molar-refractivity contribution in [2.75, 3.05) is 12.4 Å². The van der Waals surface area contributed by atoms with Crippen LogP contribution in [0.3, 0.4) is 0 Å². The molecule has 0 atom stereocenters. The lowest BCUT2D eigenvalue weighted by Crippen LogP contribution is -2.14. The highest BCUT2D eigenvalue weighted by molar-refractivity contribution is 5.92. The number of para-hydroxylation sites is 1. The lowest BCUT2D eigenvalue weighted by atomic mass is 10.1. The minimum absolute atomic E-state index is 0.0430. The third-order valence-electron chi connectivity index (χ3n) is 4.53. The molecule has 0 saturated heterocycles. The Hall–Kier alpha value is -3.53. The summed E-state index contributed by atoms with van der Waals surface area (Å²) in [6.45, 7) is 0. The molecule has 134 valence electrons. The van der Waals surface area contributed by atoms with E-state index in [0.29, 0.717) is 6.42 Å². The number of amides is 1. The van der Waals surface area contributed by atoms with E-state index in [9.17, 15) is 4.79 Å². The number of aromatic nitrogens is 1. The van der Waals surface area contributed by atoms with E-state index in [-0.39, 0.29) is 5.91 Å². The first-order chi connectivity index (χ1) is 13.2. The molecular weight excluding hydrogens is 336 g/mol. The van der Waals surface area contributed by atoms with Crippen LogP contribution in [0, 0.1) is 0 Å². The van der Waals surface area contributed by atoms with Crippen LogP contribution in [0.2, 0.25) is 0 Å². The quantitative estimate of drug-likeness (QED) is 0.527. The Morgan fingerprint density at radius 2 is 1.70 bits per heavy atom. The standard InChI is InChI=1S/C23H20N2O2/c1-27-20-12-6-16(7-13-20)14-23(26)24-19-10-8-17(9-11-19)22-15-18-4-2-3-5-21(18)25-22/h2-13,15,25H,14H2,1H3,(H,24,26). The van der Waals surface area contributed by atoms with Crippen molar-refractivity contribution in [2.45, 2.75) is 6.42 Å². The van der Waals surface area contributed by atoms with Gasteiger partial charge in [-0.1, -0.05) is 42.5 Å². The van der Waals surface area contributed by atoms with Gasteiger partial charge in [-0.05, 0) is 47.5 Å². The molecule has 0 aliphatic rings. The number of methoxy groups -OCH3 is 1. The molecule has 1 amide bonds. The zero-order valence-electron chi connectivity index (χ0n) is 15.0. The molecule has 0 unspecified atom stereocenters. The van der Waals surface area contributed by atoms with Gasteiger partial charge in [0.2, 0.25) is 5.91 Å². The highest BCUT2D eigenvalue weighted by atomic mass is 16.5. The average Bonchev–Trinajstić information content (AvgIpc) is 3.13. The Labute approximate surface area is 157 Å². The largest absolute Gasteiger partial charge is 0.497 e. The molecule has 1 heterocycles. The molecule has 0 saturated carbocycles. The van der Waals surface area contributed by atoms with Crippen LogP contribution in [0.25, 0.3) is 22.2 Å². The van der Waals surface area contributed by atoms with Crippen LogP contribution in [-0.2, 0) is 11.2 Å². The Morgan fingerprint density at radius 3 is 2.41 bits per heavy atom. The molecule has 4 aromatic rings. The number of anilines is 1. The highest BCUT2D eigenvalue weighted by Crippen LogP contribution is 2.25. The minimum atomic E-state index is -0.0430. The summed E-state index contributed by atoms with van der Waals surface area (Å²) in [5, 5.41) is 4.13. The average molecular weight is 356 g/mol. The highest BCUT2D eigenvalue weighted by Gasteiger charge is 2.06. The third-order valence-corrected chi connectivity index (χ3v) is 4.53. The van der Waals surface area contributed by atoms with E-state index in [2.05, 4.69) is 28.5 Å². The minimum Gasteiger partial charge on any atom is -0.497 e. The van der Waals surface area contributed by atoms with E-state index >= 15 is 0 Å². The fraction of sp³-hybridized carbons (Fsp3) is 0.0870. The van der Waals surface area contributed by atoms with Crippen molar-refractivity contribution < 1.29 is 9.53 Å². The maximum Gasteiger partial charge on any atom is 0.228 e. The third kappa shape index (κ3) is 3.85. The number of H-pyrrole nitrogens is 1. The van der Waals surface area contributed by atoms with Gasteiger partial charge in [0.25, 0.3) is 0 Å². The topological polar surface area (TPSA) is 54.1 Å². The molecule has 1 aromatic heterocycles. The summed E-state index contributed by atoms with van der Waals surface area (Å²) in [5.74, 6) is 0.741. The number of fused-ring (bicyclic) bond motifs is 1. The smallest absolute Gasteiger partial charge is 0.228 e. The first-order valence-electron chi connectivity index (χ1n) is 8.82. The Balaban J connectivity index is 1.43. The normalized spacial score (nSPS) is 10.7. The number of hydrogen-bond donors (Lipinski definition) is 2. The summed E-state index contributed by atoms with van der Waals surface area (Å²) < 4.78 is 5.13. The molecule has 4 nitrogen and oxygen atoms in total. The van der Waals surface area contributed by atoms with Gasteiger partial charge in [0.05, 0.1) is 13.5 Å². The molecule has 0 spiro atoms. The first kappa shape index (κ1) is 16.9. The number of ether oxygens (including phenoxy) is 1. The second-order valence-electron chi connectivity index (χ2n) is 6.42. The molecule has 4 heteroatoms. The molecule has 4 rings (SSSR count). The van der Waals surface area contributed by atoms with Crippen molar-refractivity contribution in [3.63, 3.8) is 0 Å². The predicted molar refractivity (Wildman–Crippen MR) is 109 cm³/mol. The van der Waals surface area contributed by atoms with Gasteiger partial charge < -0.3 is 15.0 Å². The maximum atomic E-state index is 12.3. The second kappa shape index (κ2) is 7.38. The van der Waals surface area contributed by atoms with E-state index in [0.717, 1.165) is 33.8 Å². The zero-order chi connectivity index (χ0) is 18.6. The van der Waals surface area contributed by atoms with Gasteiger partial charge in [-0.2, -0.15) is 0 Å². The van der Waals surface area contributed by atoms with E-state index in [1.807, 2.05) is 60.7 Å². The van der Waals surface area contributed by atoms with Crippen LogP contribution in [0.1, 0.15) is 5.56 Å². The van der Waals surface area contributed by atoms with Crippen molar-refractivity contribution in [2.24, 2.45) is 0 Å². The van der Waals surface area contributed by atoms with Crippen molar-refractivity contribution in [1.29, 1.82) is 0 Å². The number of nitrogens with one attached hydrogen (secondary N) is 2. The molecule has 3 aromatic carbocycles. The molecule has 0 fully saturated rings. The Morgan fingerprint density at radius 1 is 0.963 bits per heavy atom. The van der Waals surface area contributed by atoms with Gasteiger partial charge in [0.1, 0.15) is 5.75 Å². The predicted octanol–water partition coefficient (Wildman–Crippen LogP) is 5.02. The van der Waals surface area contributed by atoms with Crippen LogP contribution in [-0.4, -0.2) is 18.0 Å². The second-order valence-corrected chi connectivity index (χ2v) is 6.42. The van der Waals surface area contributed by atoms with Crippen LogP contribution >= 0.6 is 0 Å². The van der Waals surface area contributed by atoms with Gasteiger partial charge in [-0.3, -0.25) is 4.79 Å². The lowest BCUT2D eigenvalue weighted by molar-refractivity contribution is -0.115. The van der Waals surface area contributed by atoms with Crippen molar-refractivity contribution in [3.8, 4) is 17.0 Å². The summed E-state index contributed by atoms with van der Waals surface area (Å²) in [4.78, 5) is 15.7. The number of benzene rings is 3. The lowest BCUT2D eigenvalue weighted by Gasteiger charge is -2.07. The maximum absolute atomic E-state index is 12.3. The molecule has 27 heavy (non-hydrogen) atoms. The van der Waals surface area contributed by atoms with Gasteiger partial charge in [-0.15, -0.1) is 0 Å². The Bertz CT molecular complexity index is 1030. The molecule has 0 aliphatic heterocycles. The molecule has 0 bridgehead atoms. The van der Waals surface area contributed by atoms with Crippen LogP contribution < -0.4 is 10.1 Å². The van der Waals surface area contributed by atoms with Gasteiger partial charge in [0, 0.05) is 22.3 Å². The summed E-state index contributed by atoms with van der Waals surface area (Å²) in [5.41, 5.74) is 4.99.